The van der Waals surface area contributed by atoms with Crippen molar-refractivity contribution in [1.82, 2.24) is 10.6 Å². The van der Waals surface area contributed by atoms with Gasteiger partial charge in [0.25, 0.3) is 11.6 Å². The smallest absolute Gasteiger partial charge is 0.270 e. The van der Waals surface area contributed by atoms with Crippen LogP contribution in [0.2, 0.25) is 0 Å². The van der Waals surface area contributed by atoms with Gasteiger partial charge in [0.1, 0.15) is 5.82 Å². The molecule has 108 valence electrons. The molecule has 0 unspecified atom stereocenters. The largest absolute Gasteiger partial charge is 0.355 e. The van der Waals surface area contributed by atoms with Gasteiger partial charge in [0.2, 0.25) is 5.91 Å². The Labute approximate surface area is 114 Å². The third-order valence-electron chi connectivity index (χ3n) is 2.48. The van der Waals surface area contributed by atoms with Crippen molar-refractivity contribution in [2.45, 2.75) is 13.8 Å². The van der Waals surface area contributed by atoms with Gasteiger partial charge in [-0.25, -0.2) is 4.39 Å². The summed E-state index contributed by atoms with van der Waals surface area (Å²) in [7, 11) is 0. The lowest BCUT2D eigenvalue weighted by atomic mass is 10.1. The second-order valence-electron chi connectivity index (χ2n) is 4.12. The number of carbonyl (C=O) groups excluding carboxylic acids is 2. The summed E-state index contributed by atoms with van der Waals surface area (Å²) in [5.74, 6) is -1.82. The molecule has 2 amide bonds. The molecule has 0 saturated carbocycles. The summed E-state index contributed by atoms with van der Waals surface area (Å²) in [6.07, 6.45) is 0. The Balaban J connectivity index is 2.81. The number of benzene rings is 1. The van der Waals surface area contributed by atoms with Crippen LogP contribution in [0.5, 0.6) is 0 Å². The minimum absolute atomic E-state index is 0.0196. The molecule has 0 aliphatic heterocycles. The molecule has 2 N–H and O–H groups in total. The number of halogens is 1. The quantitative estimate of drug-likeness (QED) is 0.476. The Hall–Kier alpha value is -2.51. The Morgan fingerprint density at radius 1 is 1.30 bits per heavy atom. The highest BCUT2D eigenvalue weighted by Gasteiger charge is 2.19. The first-order valence-electron chi connectivity index (χ1n) is 5.80. The molecule has 1 aromatic carbocycles. The molecule has 0 aromatic heterocycles. The minimum Gasteiger partial charge on any atom is -0.355 e. The SMILES string of the molecule is CC(=O)NCCNC(=O)c1cc([N+](=O)[O-])cc(C)c1F. The van der Waals surface area contributed by atoms with Crippen LogP contribution in [0.15, 0.2) is 12.1 Å². The molecule has 0 aliphatic carbocycles. The molecular formula is C12H14FN3O4. The fourth-order valence-electron chi connectivity index (χ4n) is 1.53. The fourth-order valence-corrected chi connectivity index (χ4v) is 1.53. The van der Waals surface area contributed by atoms with E-state index in [9.17, 15) is 24.1 Å². The Bertz CT molecular complexity index is 560. The van der Waals surface area contributed by atoms with E-state index in [2.05, 4.69) is 10.6 Å². The number of nitrogens with zero attached hydrogens (tertiary/aromatic N) is 1. The fraction of sp³-hybridized carbons (Fsp3) is 0.333. The van der Waals surface area contributed by atoms with Crippen LogP contribution in [-0.2, 0) is 4.79 Å². The average Bonchev–Trinajstić information content (AvgIpc) is 2.36. The summed E-state index contributed by atoms with van der Waals surface area (Å²) >= 11 is 0. The van der Waals surface area contributed by atoms with Crippen molar-refractivity contribution >= 4 is 17.5 Å². The molecule has 0 radical (unpaired) electrons. The molecule has 1 aromatic rings. The molecule has 0 aliphatic rings. The lowest BCUT2D eigenvalue weighted by Crippen LogP contribution is -2.34. The highest BCUT2D eigenvalue weighted by atomic mass is 19.1. The van der Waals surface area contributed by atoms with Gasteiger partial charge in [-0.05, 0) is 12.5 Å². The van der Waals surface area contributed by atoms with E-state index in [0.717, 1.165) is 12.1 Å². The van der Waals surface area contributed by atoms with E-state index in [1.807, 2.05) is 0 Å². The van der Waals surface area contributed by atoms with Crippen LogP contribution in [0.4, 0.5) is 10.1 Å². The molecule has 0 bridgehead atoms. The Morgan fingerprint density at radius 2 is 1.90 bits per heavy atom. The number of nitrogens with one attached hydrogen (secondary N) is 2. The summed E-state index contributed by atoms with van der Waals surface area (Å²) in [6, 6.07) is 1.94. The normalized spacial score (nSPS) is 9.95. The predicted octanol–water partition coefficient (Wildman–Crippen LogP) is 0.908. The van der Waals surface area contributed by atoms with Gasteiger partial charge in [0.15, 0.2) is 0 Å². The lowest BCUT2D eigenvalue weighted by Gasteiger charge is -2.08. The third-order valence-corrected chi connectivity index (χ3v) is 2.48. The molecule has 0 saturated heterocycles. The summed E-state index contributed by atoms with van der Waals surface area (Å²) in [6.45, 7) is 2.96. The summed E-state index contributed by atoms with van der Waals surface area (Å²) in [5, 5.41) is 15.5. The van der Waals surface area contributed by atoms with Gasteiger partial charge in [0, 0.05) is 32.1 Å². The molecule has 7 nitrogen and oxygen atoms in total. The van der Waals surface area contributed by atoms with E-state index < -0.39 is 16.6 Å². The molecule has 0 heterocycles. The average molecular weight is 283 g/mol. The Morgan fingerprint density at radius 3 is 2.45 bits per heavy atom. The number of aryl methyl sites for hydroxylation is 1. The number of hydrogen-bond acceptors (Lipinski definition) is 4. The summed E-state index contributed by atoms with van der Waals surface area (Å²) < 4.78 is 13.8. The zero-order valence-corrected chi connectivity index (χ0v) is 11.0. The number of non-ortho nitro benzene ring substituents is 1. The van der Waals surface area contributed by atoms with Crippen molar-refractivity contribution in [2.75, 3.05) is 13.1 Å². The maximum Gasteiger partial charge on any atom is 0.270 e. The van der Waals surface area contributed by atoms with Crippen molar-refractivity contribution in [3.05, 3.63) is 39.2 Å². The summed E-state index contributed by atoms with van der Waals surface area (Å²) in [5.41, 5.74) is -0.721. The maximum atomic E-state index is 13.8. The van der Waals surface area contributed by atoms with Gasteiger partial charge in [-0.3, -0.25) is 19.7 Å². The van der Waals surface area contributed by atoms with Gasteiger partial charge in [-0.15, -0.1) is 0 Å². The van der Waals surface area contributed by atoms with Crippen molar-refractivity contribution in [1.29, 1.82) is 0 Å². The van der Waals surface area contributed by atoms with Gasteiger partial charge in [-0.2, -0.15) is 0 Å². The topological polar surface area (TPSA) is 101 Å². The first kappa shape index (κ1) is 15.5. The van der Waals surface area contributed by atoms with Crippen LogP contribution >= 0.6 is 0 Å². The van der Waals surface area contributed by atoms with Crippen molar-refractivity contribution < 1.29 is 18.9 Å². The van der Waals surface area contributed by atoms with Crippen LogP contribution in [0.1, 0.15) is 22.8 Å². The van der Waals surface area contributed by atoms with Crippen LogP contribution < -0.4 is 10.6 Å². The third kappa shape index (κ3) is 4.01. The molecule has 1 rings (SSSR count). The van der Waals surface area contributed by atoms with Crippen molar-refractivity contribution in [3.8, 4) is 0 Å². The zero-order valence-electron chi connectivity index (χ0n) is 11.0. The van der Waals surface area contributed by atoms with E-state index in [0.29, 0.717) is 0 Å². The number of rotatable bonds is 5. The number of hydrogen-bond donors (Lipinski definition) is 2. The van der Waals surface area contributed by atoms with Crippen LogP contribution in [0.25, 0.3) is 0 Å². The van der Waals surface area contributed by atoms with Crippen molar-refractivity contribution in [3.63, 3.8) is 0 Å². The first-order valence-corrected chi connectivity index (χ1v) is 5.80. The molecule has 0 fully saturated rings. The second-order valence-corrected chi connectivity index (χ2v) is 4.12. The maximum absolute atomic E-state index is 13.8. The summed E-state index contributed by atoms with van der Waals surface area (Å²) in [4.78, 5) is 32.4. The minimum atomic E-state index is -0.798. The number of nitro benzene ring substituents is 1. The van der Waals surface area contributed by atoms with Crippen LogP contribution in [0, 0.1) is 22.9 Å². The van der Waals surface area contributed by atoms with Crippen LogP contribution in [-0.4, -0.2) is 29.8 Å². The van der Waals surface area contributed by atoms with E-state index >= 15 is 0 Å². The van der Waals surface area contributed by atoms with Gasteiger partial charge in [0.05, 0.1) is 10.5 Å². The Kier molecular flexibility index (Phi) is 5.13. The van der Waals surface area contributed by atoms with E-state index in [-0.39, 0.29) is 35.8 Å². The molecule has 8 heteroatoms. The van der Waals surface area contributed by atoms with Crippen LogP contribution in [0.3, 0.4) is 0 Å². The number of amides is 2. The van der Waals surface area contributed by atoms with Crippen molar-refractivity contribution in [2.24, 2.45) is 0 Å². The molecule has 0 atom stereocenters. The lowest BCUT2D eigenvalue weighted by molar-refractivity contribution is -0.385. The standard InChI is InChI=1S/C12H14FN3O4/c1-7-5-9(16(19)20)6-10(11(7)13)12(18)15-4-3-14-8(2)17/h5-6H,3-4H2,1-2H3,(H,14,17)(H,15,18). The van der Waals surface area contributed by atoms with Gasteiger partial charge >= 0.3 is 0 Å². The first-order chi connectivity index (χ1) is 9.32. The number of carbonyl (C=O) groups is 2. The van der Waals surface area contributed by atoms with Gasteiger partial charge in [-0.1, -0.05) is 0 Å². The van der Waals surface area contributed by atoms with E-state index in [1.54, 1.807) is 0 Å². The number of nitro groups is 1. The monoisotopic (exact) mass is 283 g/mol. The zero-order chi connectivity index (χ0) is 15.3. The van der Waals surface area contributed by atoms with E-state index in [1.165, 1.54) is 13.8 Å². The molecular weight excluding hydrogens is 269 g/mol. The highest BCUT2D eigenvalue weighted by molar-refractivity contribution is 5.95. The highest BCUT2D eigenvalue weighted by Crippen LogP contribution is 2.20. The molecule has 0 spiro atoms. The molecule has 20 heavy (non-hydrogen) atoms. The van der Waals surface area contributed by atoms with E-state index in [4.69, 9.17) is 0 Å². The predicted molar refractivity (Wildman–Crippen MR) is 68.8 cm³/mol. The van der Waals surface area contributed by atoms with Gasteiger partial charge < -0.3 is 10.6 Å². The second kappa shape index (κ2) is 6.60.